The number of allylic oxidation sites excluding steroid dienone is 1. The van der Waals surface area contributed by atoms with Crippen molar-refractivity contribution in [2.75, 3.05) is 16.8 Å². The minimum Gasteiger partial charge on any atom is -0.479 e. The topological polar surface area (TPSA) is 70.7 Å². The lowest BCUT2D eigenvalue weighted by Gasteiger charge is -2.33. The smallest absolute Gasteiger partial charge is 0.319 e. The standard InChI is InChI=1S/C31H35N3O3/c1-21(2)24-14-9-15-25(19-24)31(4,5)33-30(36)32-26-16-17-28-27(20-26)34(29(35)22(3)37-28)18-10-13-23-11-7-6-8-12-23/h6-9,11-12,14-17,19-20,22H,1,10,13,18H2,2-5H3,(H2,32,33,36). The van der Waals surface area contributed by atoms with Crippen molar-refractivity contribution in [2.45, 2.75) is 52.2 Å². The molecule has 3 aromatic rings. The number of benzene rings is 3. The Morgan fingerprint density at radius 1 is 1.05 bits per heavy atom. The molecule has 1 atom stereocenters. The third-order valence-corrected chi connectivity index (χ3v) is 6.62. The second kappa shape index (κ2) is 10.9. The van der Waals surface area contributed by atoms with Gasteiger partial charge in [0, 0.05) is 12.2 Å². The monoisotopic (exact) mass is 497 g/mol. The predicted molar refractivity (Wildman–Crippen MR) is 150 cm³/mol. The number of carbonyl (C=O) groups excluding carboxylic acids is 2. The number of hydrogen-bond donors (Lipinski definition) is 2. The Bertz CT molecular complexity index is 1300. The van der Waals surface area contributed by atoms with Gasteiger partial charge in [-0.2, -0.15) is 0 Å². The molecule has 0 radical (unpaired) electrons. The zero-order chi connectivity index (χ0) is 26.6. The van der Waals surface area contributed by atoms with E-state index in [0.29, 0.717) is 23.7 Å². The van der Waals surface area contributed by atoms with Gasteiger partial charge in [-0.25, -0.2) is 4.79 Å². The van der Waals surface area contributed by atoms with Gasteiger partial charge in [0.2, 0.25) is 0 Å². The molecule has 6 nitrogen and oxygen atoms in total. The fraction of sp³-hybridized carbons (Fsp3) is 0.290. The zero-order valence-electron chi connectivity index (χ0n) is 22.0. The van der Waals surface area contributed by atoms with Gasteiger partial charge in [-0.3, -0.25) is 4.79 Å². The summed E-state index contributed by atoms with van der Waals surface area (Å²) < 4.78 is 5.84. The highest BCUT2D eigenvalue weighted by Gasteiger charge is 2.31. The van der Waals surface area contributed by atoms with Gasteiger partial charge in [0.15, 0.2) is 6.10 Å². The van der Waals surface area contributed by atoms with E-state index in [-0.39, 0.29) is 11.9 Å². The van der Waals surface area contributed by atoms with Crippen molar-refractivity contribution in [1.82, 2.24) is 5.32 Å². The Kier molecular flexibility index (Phi) is 7.67. The minimum atomic E-state index is -0.609. The van der Waals surface area contributed by atoms with E-state index in [1.165, 1.54) is 5.56 Å². The average molecular weight is 498 g/mol. The lowest BCUT2D eigenvalue weighted by atomic mass is 9.92. The molecule has 192 valence electrons. The third-order valence-electron chi connectivity index (χ3n) is 6.62. The van der Waals surface area contributed by atoms with Gasteiger partial charge in [-0.05, 0) is 81.5 Å². The highest BCUT2D eigenvalue weighted by molar-refractivity contribution is 6.01. The Morgan fingerprint density at radius 2 is 1.81 bits per heavy atom. The van der Waals surface area contributed by atoms with Crippen molar-refractivity contribution in [1.29, 1.82) is 0 Å². The zero-order valence-corrected chi connectivity index (χ0v) is 22.0. The molecular formula is C31H35N3O3. The van der Waals surface area contributed by atoms with Gasteiger partial charge in [0.1, 0.15) is 5.75 Å². The Morgan fingerprint density at radius 3 is 2.54 bits per heavy atom. The van der Waals surface area contributed by atoms with Crippen molar-refractivity contribution < 1.29 is 14.3 Å². The molecule has 3 aromatic carbocycles. The van der Waals surface area contributed by atoms with E-state index in [4.69, 9.17) is 4.74 Å². The van der Waals surface area contributed by atoms with E-state index in [9.17, 15) is 9.59 Å². The maximum atomic E-state index is 13.0. The maximum absolute atomic E-state index is 13.0. The van der Waals surface area contributed by atoms with Crippen LogP contribution < -0.4 is 20.3 Å². The molecule has 4 rings (SSSR count). The van der Waals surface area contributed by atoms with Crippen LogP contribution in [0.3, 0.4) is 0 Å². The molecular weight excluding hydrogens is 462 g/mol. The maximum Gasteiger partial charge on any atom is 0.319 e. The molecule has 1 aliphatic rings. The Balaban J connectivity index is 1.47. The van der Waals surface area contributed by atoms with Crippen LogP contribution >= 0.6 is 0 Å². The predicted octanol–water partition coefficient (Wildman–Crippen LogP) is 6.52. The van der Waals surface area contributed by atoms with E-state index >= 15 is 0 Å². The number of nitrogens with zero attached hydrogens (tertiary/aromatic N) is 1. The van der Waals surface area contributed by atoms with Crippen LogP contribution in [0.4, 0.5) is 16.2 Å². The van der Waals surface area contributed by atoms with Crippen molar-refractivity contribution in [3.63, 3.8) is 0 Å². The van der Waals surface area contributed by atoms with E-state index < -0.39 is 11.6 Å². The number of aryl methyl sites for hydroxylation is 1. The molecule has 0 fully saturated rings. The van der Waals surface area contributed by atoms with E-state index in [2.05, 4.69) is 29.3 Å². The Labute approximate surface area is 219 Å². The van der Waals surface area contributed by atoms with Crippen LogP contribution in [-0.4, -0.2) is 24.6 Å². The number of rotatable bonds is 8. The van der Waals surface area contributed by atoms with Crippen LogP contribution in [-0.2, 0) is 16.8 Å². The van der Waals surface area contributed by atoms with Crippen LogP contribution in [0.2, 0.25) is 0 Å². The van der Waals surface area contributed by atoms with E-state index in [1.807, 2.05) is 63.2 Å². The molecule has 1 aliphatic heterocycles. The van der Waals surface area contributed by atoms with Gasteiger partial charge in [0.25, 0.3) is 5.91 Å². The van der Waals surface area contributed by atoms with Crippen molar-refractivity contribution in [3.8, 4) is 5.75 Å². The summed E-state index contributed by atoms with van der Waals surface area (Å²) in [5, 5.41) is 5.98. The second-order valence-corrected chi connectivity index (χ2v) is 10.1. The summed E-state index contributed by atoms with van der Waals surface area (Å²) in [5.74, 6) is 0.551. The molecule has 0 saturated heterocycles. The molecule has 2 N–H and O–H groups in total. The molecule has 0 bridgehead atoms. The summed E-state index contributed by atoms with van der Waals surface area (Å²) in [6.07, 6.45) is 1.14. The van der Waals surface area contributed by atoms with E-state index in [0.717, 1.165) is 29.5 Å². The second-order valence-electron chi connectivity index (χ2n) is 10.1. The molecule has 37 heavy (non-hydrogen) atoms. The van der Waals surface area contributed by atoms with Crippen LogP contribution in [0.1, 0.15) is 50.8 Å². The number of carbonyl (C=O) groups is 2. The van der Waals surface area contributed by atoms with Gasteiger partial charge >= 0.3 is 6.03 Å². The first-order chi connectivity index (χ1) is 17.6. The highest BCUT2D eigenvalue weighted by atomic mass is 16.5. The fourth-order valence-electron chi connectivity index (χ4n) is 4.49. The van der Waals surface area contributed by atoms with E-state index in [1.54, 1.807) is 30.0 Å². The average Bonchev–Trinajstić information content (AvgIpc) is 2.87. The molecule has 1 heterocycles. The van der Waals surface area contributed by atoms with Crippen LogP contribution in [0, 0.1) is 0 Å². The number of anilines is 2. The lowest BCUT2D eigenvalue weighted by molar-refractivity contribution is -0.125. The largest absolute Gasteiger partial charge is 0.479 e. The summed E-state index contributed by atoms with van der Waals surface area (Å²) >= 11 is 0. The third kappa shape index (κ3) is 6.20. The normalized spacial score (nSPS) is 15.0. The summed E-state index contributed by atoms with van der Waals surface area (Å²) in [4.78, 5) is 27.7. The summed E-state index contributed by atoms with van der Waals surface area (Å²) in [6.45, 7) is 12.2. The quantitative estimate of drug-likeness (QED) is 0.372. The first-order valence-corrected chi connectivity index (χ1v) is 12.7. The number of nitrogens with one attached hydrogen (secondary N) is 2. The number of hydrogen-bond acceptors (Lipinski definition) is 3. The first-order valence-electron chi connectivity index (χ1n) is 12.7. The van der Waals surface area contributed by atoms with Crippen LogP contribution in [0.25, 0.3) is 5.57 Å². The van der Waals surface area contributed by atoms with Gasteiger partial charge in [-0.15, -0.1) is 0 Å². The first kappa shape index (κ1) is 26.0. The fourth-order valence-corrected chi connectivity index (χ4v) is 4.49. The highest BCUT2D eigenvalue weighted by Crippen LogP contribution is 2.36. The summed E-state index contributed by atoms with van der Waals surface area (Å²) in [5.41, 5.74) is 4.86. The molecule has 0 saturated carbocycles. The van der Waals surface area contributed by atoms with Crippen molar-refractivity contribution >= 4 is 28.9 Å². The molecule has 0 aliphatic carbocycles. The van der Waals surface area contributed by atoms with Crippen LogP contribution in [0.5, 0.6) is 5.75 Å². The van der Waals surface area contributed by atoms with Gasteiger partial charge in [-0.1, -0.05) is 60.7 Å². The molecule has 0 spiro atoms. The molecule has 0 aromatic heterocycles. The van der Waals surface area contributed by atoms with Crippen LogP contribution in [0.15, 0.2) is 79.4 Å². The summed E-state index contributed by atoms with van der Waals surface area (Å²) in [7, 11) is 0. The number of amides is 3. The summed E-state index contributed by atoms with van der Waals surface area (Å²) in [6, 6.07) is 23.3. The van der Waals surface area contributed by atoms with Gasteiger partial charge in [0.05, 0.1) is 11.2 Å². The minimum absolute atomic E-state index is 0.0827. The number of fused-ring (bicyclic) bond motifs is 1. The molecule has 3 amide bonds. The SMILES string of the molecule is C=C(C)c1cccc(C(C)(C)NC(=O)Nc2ccc3c(c2)N(CCCc2ccccc2)C(=O)C(C)O3)c1. The number of ether oxygens (including phenoxy) is 1. The lowest BCUT2D eigenvalue weighted by Crippen LogP contribution is -2.45. The number of urea groups is 1. The molecule has 6 heteroatoms. The Hall–Kier alpha value is -4.06. The van der Waals surface area contributed by atoms with Crippen molar-refractivity contribution in [3.05, 3.63) is 96.1 Å². The molecule has 1 unspecified atom stereocenters. The van der Waals surface area contributed by atoms with Gasteiger partial charge < -0.3 is 20.3 Å². The van der Waals surface area contributed by atoms with Crippen molar-refractivity contribution in [2.24, 2.45) is 0 Å².